The number of benzene rings is 1. The second-order valence-corrected chi connectivity index (χ2v) is 7.13. The molecule has 0 spiro atoms. The Morgan fingerprint density at radius 2 is 1.67 bits per heavy atom. The highest BCUT2D eigenvalue weighted by Gasteiger charge is 2.24. The number of carbonyl (C=O) groups excluding carboxylic acids is 2. The van der Waals surface area contributed by atoms with Gasteiger partial charge in [-0.1, -0.05) is 11.6 Å². The summed E-state index contributed by atoms with van der Waals surface area (Å²) in [5.41, 5.74) is 0.113. The molecule has 1 aromatic carbocycles. The molecule has 0 atom stereocenters. The first-order chi connectivity index (χ1) is 11.2. The first-order valence-corrected chi connectivity index (χ1v) is 8.32. The third-order valence-electron chi connectivity index (χ3n) is 3.53. The fourth-order valence-corrected chi connectivity index (χ4v) is 2.39. The van der Waals surface area contributed by atoms with Crippen LogP contribution in [0.25, 0.3) is 0 Å². The molecular formula is C18H23ClN2O3. The monoisotopic (exact) mass is 350 g/mol. The fourth-order valence-electron chi connectivity index (χ4n) is 2.26. The Hall–Kier alpha value is -2.01. The van der Waals surface area contributed by atoms with Crippen molar-refractivity contribution in [3.05, 3.63) is 47.1 Å². The second-order valence-electron chi connectivity index (χ2n) is 6.69. The summed E-state index contributed by atoms with van der Waals surface area (Å²) < 4.78 is 5.36. The molecular weight excluding hydrogens is 328 g/mol. The highest BCUT2D eigenvalue weighted by Crippen LogP contribution is 2.13. The van der Waals surface area contributed by atoms with Gasteiger partial charge in [0.25, 0.3) is 0 Å². The molecule has 1 heterocycles. The van der Waals surface area contributed by atoms with Crippen LogP contribution in [0.4, 0.5) is 4.79 Å². The summed E-state index contributed by atoms with van der Waals surface area (Å²) in [6.45, 7) is 8.06. The van der Waals surface area contributed by atoms with Gasteiger partial charge in [-0.3, -0.25) is 4.79 Å². The predicted octanol–water partition coefficient (Wildman–Crippen LogP) is 3.59. The molecule has 24 heavy (non-hydrogen) atoms. The molecule has 0 aliphatic carbocycles. The van der Waals surface area contributed by atoms with Crippen LogP contribution in [0.15, 0.2) is 36.5 Å². The SMILES string of the molecule is CC(C)(C)OC(=O)N1CCN(C=CC(=O)c2ccc(Cl)cc2)CC1. The Balaban J connectivity index is 1.83. The van der Waals surface area contributed by atoms with Gasteiger partial charge in [-0.05, 0) is 45.0 Å². The number of hydrogen-bond donors (Lipinski definition) is 0. The number of ketones is 1. The predicted molar refractivity (Wildman–Crippen MR) is 94.3 cm³/mol. The van der Waals surface area contributed by atoms with E-state index in [1.54, 1.807) is 41.4 Å². The van der Waals surface area contributed by atoms with E-state index in [2.05, 4.69) is 0 Å². The summed E-state index contributed by atoms with van der Waals surface area (Å²) in [6, 6.07) is 6.80. The largest absolute Gasteiger partial charge is 0.444 e. The quantitative estimate of drug-likeness (QED) is 0.617. The molecule has 0 saturated carbocycles. The number of allylic oxidation sites excluding steroid dienone is 1. The van der Waals surface area contributed by atoms with Crippen molar-refractivity contribution < 1.29 is 14.3 Å². The van der Waals surface area contributed by atoms with Gasteiger partial charge in [0.05, 0.1) is 0 Å². The molecule has 1 aromatic rings. The van der Waals surface area contributed by atoms with Crippen molar-refractivity contribution in [1.82, 2.24) is 9.80 Å². The standard InChI is InChI=1S/C18H23ClN2O3/c1-18(2,3)24-17(23)21-12-10-20(11-13-21)9-8-16(22)14-4-6-15(19)7-5-14/h4-9H,10-13H2,1-3H3. The average molecular weight is 351 g/mol. The first kappa shape index (κ1) is 18.3. The minimum Gasteiger partial charge on any atom is -0.444 e. The molecule has 0 unspecified atom stereocenters. The maximum atomic E-state index is 12.1. The van der Waals surface area contributed by atoms with Gasteiger partial charge in [0, 0.05) is 49.0 Å². The molecule has 0 N–H and O–H groups in total. The zero-order valence-corrected chi connectivity index (χ0v) is 15.0. The van der Waals surface area contributed by atoms with E-state index in [1.807, 2.05) is 25.7 Å². The number of amides is 1. The van der Waals surface area contributed by atoms with Crippen molar-refractivity contribution >= 4 is 23.5 Å². The summed E-state index contributed by atoms with van der Waals surface area (Å²) in [5.74, 6) is -0.0683. The van der Waals surface area contributed by atoms with Crippen LogP contribution in [0.3, 0.4) is 0 Å². The fraction of sp³-hybridized carbons (Fsp3) is 0.444. The van der Waals surface area contributed by atoms with Crippen molar-refractivity contribution in [1.29, 1.82) is 0 Å². The molecule has 2 rings (SSSR count). The maximum Gasteiger partial charge on any atom is 0.410 e. The van der Waals surface area contributed by atoms with Gasteiger partial charge in [0.15, 0.2) is 5.78 Å². The van der Waals surface area contributed by atoms with Gasteiger partial charge in [0.1, 0.15) is 5.60 Å². The van der Waals surface area contributed by atoms with Crippen LogP contribution in [-0.4, -0.2) is 53.5 Å². The smallest absolute Gasteiger partial charge is 0.410 e. The Morgan fingerprint density at radius 3 is 2.21 bits per heavy atom. The zero-order valence-electron chi connectivity index (χ0n) is 14.3. The normalized spacial score (nSPS) is 15.7. The van der Waals surface area contributed by atoms with E-state index in [4.69, 9.17) is 16.3 Å². The summed E-state index contributed by atoms with van der Waals surface area (Å²) in [7, 11) is 0. The molecule has 6 heteroatoms. The van der Waals surface area contributed by atoms with Crippen LogP contribution >= 0.6 is 11.6 Å². The third kappa shape index (κ3) is 5.57. The molecule has 1 aliphatic rings. The summed E-state index contributed by atoms with van der Waals surface area (Å²) >= 11 is 5.81. The number of hydrogen-bond acceptors (Lipinski definition) is 4. The Kier molecular flexibility index (Phi) is 5.89. The Morgan fingerprint density at radius 1 is 1.08 bits per heavy atom. The lowest BCUT2D eigenvalue weighted by Gasteiger charge is -2.35. The summed E-state index contributed by atoms with van der Waals surface area (Å²) in [5, 5.41) is 0.605. The van der Waals surface area contributed by atoms with Crippen molar-refractivity contribution in [2.24, 2.45) is 0 Å². The van der Waals surface area contributed by atoms with E-state index in [0.717, 1.165) is 0 Å². The number of ether oxygens (including phenoxy) is 1. The van der Waals surface area contributed by atoms with Gasteiger partial charge in [-0.15, -0.1) is 0 Å². The van der Waals surface area contributed by atoms with Crippen molar-refractivity contribution in [3.8, 4) is 0 Å². The van der Waals surface area contributed by atoms with Gasteiger partial charge in [0.2, 0.25) is 0 Å². The lowest BCUT2D eigenvalue weighted by Crippen LogP contribution is -2.48. The molecule has 1 amide bonds. The minimum absolute atomic E-state index is 0.0683. The van der Waals surface area contributed by atoms with E-state index < -0.39 is 5.60 Å². The van der Waals surface area contributed by atoms with Crippen LogP contribution in [0, 0.1) is 0 Å². The zero-order chi connectivity index (χ0) is 17.7. The molecule has 1 saturated heterocycles. The molecule has 130 valence electrons. The highest BCUT2D eigenvalue weighted by molar-refractivity contribution is 6.30. The van der Waals surface area contributed by atoms with E-state index in [1.165, 1.54) is 0 Å². The highest BCUT2D eigenvalue weighted by atomic mass is 35.5. The first-order valence-electron chi connectivity index (χ1n) is 7.95. The third-order valence-corrected chi connectivity index (χ3v) is 3.78. The minimum atomic E-state index is -0.487. The van der Waals surface area contributed by atoms with Gasteiger partial charge in [-0.2, -0.15) is 0 Å². The maximum absolute atomic E-state index is 12.1. The van der Waals surface area contributed by atoms with Crippen molar-refractivity contribution in [2.75, 3.05) is 26.2 Å². The molecule has 1 aliphatic heterocycles. The van der Waals surface area contributed by atoms with E-state index >= 15 is 0 Å². The lowest BCUT2D eigenvalue weighted by molar-refractivity contribution is 0.0176. The van der Waals surface area contributed by atoms with Gasteiger partial charge >= 0.3 is 6.09 Å². The van der Waals surface area contributed by atoms with Crippen LogP contribution < -0.4 is 0 Å². The topological polar surface area (TPSA) is 49.9 Å². The molecule has 0 bridgehead atoms. The van der Waals surface area contributed by atoms with Crippen LogP contribution in [0.1, 0.15) is 31.1 Å². The number of halogens is 1. The summed E-state index contributed by atoms with van der Waals surface area (Å²) in [4.78, 5) is 27.8. The molecule has 1 fully saturated rings. The van der Waals surface area contributed by atoms with Crippen LogP contribution in [-0.2, 0) is 4.74 Å². The second kappa shape index (κ2) is 7.71. The number of nitrogens with zero attached hydrogens (tertiary/aromatic N) is 2. The van der Waals surface area contributed by atoms with E-state index in [-0.39, 0.29) is 11.9 Å². The average Bonchev–Trinajstić information content (AvgIpc) is 2.52. The van der Waals surface area contributed by atoms with E-state index in [9.17, 15) is 9.59 Å². The Labute approximate surface area is 147 Å². The van der Waals surface area contributed by atoms with Gasteiger partial charge < -0.3 is 14.5 Å². The number of rotatable bonds is 3. The number of carbonyl (C=O) groups is 2. The Bertz CT molecular complexity index is 612. The molecule has 0 aromatic heterocycles. The number of piperazine rings is 1. The summed E-state index contributed by atoms with van der Waals surface area (Å²) in [6.07, 6.45) is 3.04. The molecule has 0 radical (unpaired) electrons. The van der Waals surface area contributed by atoms with Crippen LogP contribution in [0.2, 0.25) is 5.02 Å². The van der Waals surface area contributed by atoms with Crippen molar-refractivity contribution in [2.45, 2.75) is 26.4 Å². The van der Waals surface area contributed by atoms with Gasteiger partial charge in [-0.25, -0.2) is 4.79 Å². The molecule has 5 nitrogen and oxygen atoms in total. The lowest BCUT2D eigenvalue weighted by atomic mass is 10.1. The van der Waals surface area contributed by atoms with Crippen molar-refractivity contribution in [3.63, 3.8) is 0 Å². The van der Waals surface area contributed by atoms with E-state index in [0.29, 0.717) is 36.8 Å². The van der Waals surface area contributed by atoms with Crippen LogP contribution in [0.5, 0.6) is 0 Å².